The molecule has 0 saturated carbocycles. The Morgan fingerprint density at radius 2 is 1.47 bits per heavy atom. The van der Waals surface area contributed by atoms with Gasteiger partial charge in [0.1, 0.15) is 0 Å². The molecule has 0 saturated heterocycles. The van der Waals surface area contributed by atoms with Crippen molar-refractivity contribution in [1.29, 1.82) is 0 Å². The molecule has 0 N–H and O–H groups in total. The van der Waals surface area contributed by atoms with Crippen LogP contribution in [0.1, 0.15) is 0 Å². The van der Waals surface area contributed by atoms with Crippen molar-refractivity contribution < 1.29 is 0 Å². The fourth-order valence-corrected chi connectivity index (χ4v) is 3.14. The molecule has 88 valence electrons. The van der Waals surface area contributed by atoms with Gasteiger partial charge in [-0.05, 0) is 40.2 Å². The summed E-state index contributed by atoms with van der Waals surface area (Å²) < 4.78 is 1.14. The molecular weight excluding hydrogens is 294 g/mol. The van der Waals surface area contributed by atoms with Gasteiger partial charge in [0, 0.05) is 28.4 Å². The smallest absolute Gasteiger partial charge is 0.0502 e. The van der Waals surface area contributed by atoms with E-state index in [0.29, 0.717) is 0 Å². The number of rotatable bonds is 3. The molecule has 2 aromatic rings. The molecule has 2 rings (SSSR count). The number of hydrogen-bond donors (Lipinski definition) is 0. The van der Waals surface area contributed by atoms with Crippen LogP contribution in [0, 0.1) is 0 Å². The largest absolute Gasteiger partial charge is 0.377 e. The normalized spacial score (nSPS) is 10.3. The third-order valence-corrected chi connectivity index (χ3v) is 4.50. The van der Waals surface area contributed by atoms with Gasteiger partial charge in [0.15, 0.2) is 0 Å². The van der Waals surface area contributed by atoms with E-state index in [1.165, 1.54) is 15.5 Å². The van der Waals surface area contributed by atoms with Gasteiger partial charge in [-0.1, -0.05) is 36.0 Å². The zero-order chi connectivity index (χ0) is 12.3. The second kappa shape index (κ2) is 5.61. The van der Waals surface area contributed by atoms with Gasteiger partial charge >= 0.3 is 0 Å². The third kappa shape index (κ3) is 3.05. The van der Waals surface area contributed by atoms with Crippen molar-refractivity contribution in [2.24, 2.45) is 0 Å². The van der Waals surface area contributed by atoms with Crippen LogP contribution in [0.4, 0.5) is 5.69 Å². The van der Waals surface area contributed by atoms with Gasteiger partial charge in [-0.15, -0.1) is 0 Å². The molecule has 0 unspecified atom stereocenters. The lowest BCUT2D eigenvalue weighted by atomic mass is 10.3. The van der Waals surface area contributed by atoms with Gasteiger partial charge in [-0.25, -0.2) is 0 Å². The summed E-state index contributed by atoms with van der Waals surface area (Å²) in [6.07, 6.45) is 0. The summed E-state index contributed by atoms with van der Waals surface area (Å²) in [7, 11) is 4.14. The van der Waals surface area contributed by atoms with Crippen molar-refractivity contribution in [3.63, 3.8) is 0 Å². The SMILES string of the molecule is CN(C)c1ccccc1Sc1ccccc1Br. The van der Waals surface area contributed by atoms with Gasteiger partial charge < -0.3 is 4.90 Å². The molecule has 0 aliphatic carbocycles. The minimum absolute atomic E-state index is 1.14. The molecule has 3 heteroatoms. The van der Waals surface area contributed by atoms with Gasteiger partial charge in [0.05, 0.1) is 5.69 Å². The van der Waals surface area contributed by atoms with Crippen molar-refractivity contribution in [3.05, 3.63) is 53.0 Å². The fourth-order valence-electron chi connectivity index (χ4n) is 1.56. The van der Waals surface area contributed by atoms with Gasteiger partial charge in [0.25, 0.3) is 0 Å². The number of benzene rings is 2. The Bertz CT molecular complexity index is 511. The van der Waals surface area contributed by atoms with E-state index in [1.807, 2.05) is 6.07 Å². The molecule has 0 spiro atoms. The van der Waals surface area contributed by atoms with Crippen LogP contribution >= 0.6 is 27.7 Å². The predicted octanol–water partition coefficient (Wildman–Crippen LogP) is 4.67. The van der Waals surface area contributed by atoms with Crippen molar-refractivity contribution in [2.45, 2.75) is 9.79 Å². The average molecular weight is 308 g/mol. The molecule has 2 aromatic carbocycles. The van der Waals surface area contributed by atoms with Crippen LogP contribution in [0.15, 0.2) is 62.8 Å². The molecule has 0 aliphatic heterocycles. The lowest BCUT2D eigenvalue weighted by Crippen LogP contribution is -2.09. The first kappa shape index (κ1) is 12.5. The first-order chi connectivity index (χ1) is 8.18. The summed E-state index contributed by atoms with van der Waals surface area (Å²) >= 11 is 5.36. The van der Waals surface area contributed by atoms with Crippen LogP contribution in [0.25, 0.3) is 0 Å². The zero-order valence-corrected chi connectivity index (χ0v) is 12.3. The summed E-state index contributed by atoms with van der Waals surface area (Å²) in [5.74, 6) is 0. The lowest BCUT2D eigenvalue weighted by Gasteiger charge is -2.17. The van der Waals surface area contributed by atoms with E-state index in [1.54, 1.807) is 11.8 Å². The standard InChI is InChI=1S/C14H14BrNS/c1-16(2)12-8-4-6-10-14(12)17-13-9-5-3-7-11(13)15/h3-10H,1-2H3. The zero-order valence-electron chi connectivity index (χ0n) is 9.85. The average Bonchev–Trinajstić information content (AvgIpc) is 2.32. The molecule has 0 bridgehead atoms. The van der Waals surface area contributed by atoms with Crippen molar-refractivity contribution in [2.75, 3.05) is 19.0 Å². The van der Waals surface area contributed by atoms with Gasteiger partial charge in [-0.3, -0.25) is 0 Å². The van der Waals surface area contributed by atoms with Crippen molar-refractivity contribution in [1.82, 2.24) is 0 Å². The molecular formula is C14H14BrNS. The van der Waals surface area contributed by atoms with E-state index in [0.717, 1.165) is 4.47 Å². The highest BCUT2D eigenvalue weighted by molar-refractivity contribution is 9.10. The molecule has 0 aliphatic rings. The van der Waals surface area contributed by atoms with Gasteiger partial charge in [-0.2, -0.15) is 0 Å². The van der Waals surface area contributed by atoms with Crippen LogP contribution in [0.3, 0.4) is 0 Å². The lowest BCUT2D eigenvalue weighted by molar-refractivity contribution is 1.10. The summed E-state index contributed by atoms with van der Waals surface area (Å²) in [6, 6.07) is 16.7. The molecule has 0 aromatic heterocycles. The number of halogens is 1. The Morgan fingerprint density at radius 3 is 2.12 bits per heavy atom. The van der Waals surface area contributed by atoms with Gasteiger partial charge in [0.2, 0.25) is 0 Å². The number of nitrogens with zero attached hydrogens (tertiary/aromatic N) is 1. The molecule has 0 radical (unpaired) electrons. The highest BCUT2D eigenvalue weighted by atomic mass is 79.9. The Labute approximate surface area is 115 Å². The van der Waals surface area contributed by atoms with Crippen LogP contribution in [0.5, 0.6) is 0 Å². The predicted molar refractivity (Wildman–Crippen MR) is 79.0 cm³/mol. The Morgan fingerprint density at radius 1 is 0.882 bits per heavy atom. The first-order valence-corrected chi connectivity index (χ1v) is 6.98. The second-order valence-electron chi connectivity index (χ2n) is 3.89. The van der Waals surface area contributed by atoms with E-state index < -0.39 is 0 Å². The molecule has 0 heterocycles. The third-order valence-electron chi connectivity index (χ3n) is 2.40. The van der Waals surface area contributed by atoms with Crippen molar-refractivity contribution >= 4 is 33.4 Å². The van der Waals surface area contributed by atoms with E-state index >= 15 is 0 Å². The second-order valence-corrected chi connectivity index (χ2v) is 5.83. The van der Waals surface area contributed by atoms with E-state index in [9.17, 15) is 0 Å². The summed E-state index contributed by atoms with van der Waals surface area (Å²) in [5, 5.41) is 0. The number of anilines is 1. The van der Waals surface area contributed by atoms with Crippen molar-refractivity contribution in [3.8, 4) is 0 Å². The van der Waals surface area contributed by atoms with Crippen LogP contribution < -0.4 is 4.90 Å². The van der Waals surface area contributed by atoms with Crippen LogP contribution in [-0.4, -0.2) is 14.1 Å². The maximum atomic E-state index is 3.58. The summed E-state index contributed by atoms with van der Waals surface area (Å²) in [6.45, 7) is 0. The summed E-state index contributed by atoms with van der Waals surface area (Å²) in [5.41, 5.74) is 1.24. The fraction of sp³-hybridized carbons (Fsp3) is 0.143. The van der Waals surface area contributed by atoms with Crippen LogP contribution in [-0.2, 0) is 0 Å². The quantitative estimate of drug-likeness (QED) is 0.811. The molecule has 1 nitrogen and oxygen atoms in total. The first-order valence-electron chi connectivity index (χ1n) is 5.37. The maximum absolute atomic E-state index is 3.58. The molecule has 0 atom stereocenters. The topological polar surface area (TPSA) is 3.24 Å². The Kier molecular flexibility index (Phi) is 4.13. The Hall–Kier alpha value is -0.930. The highest BCUT2D eigenvalue weighted by Gasteiger charge is 2.07. The minimum atomic E-state index is 1.14. The number of hydrogen-bond acceptors (Lipinski definition) is 2. The molecule has 0 fully saturated rings. The van der Waals surface area contributed by atoms with Crippen LogP contribution in [0.2, 0.25) is 0 Å². The minimum Gasteiger partial charge on any atom is -0.377 e. The highest BCUT2D eigenvalue weighted by Crippen LogP contribution is 2.37. The van der Waals surface area contributed by atoms with E-state index in [2.05, 4.69) is 77.4 Å². The molecule has 17 heavy (non-hydrogen) atoms. The van der Waals surface area contributed by atoms with E-state index in [-0.39, 0.29) is 0 Å². The van der Waals surface area contributed by atoms with E-state index in [4.69, 9.17) is 0 Å². The molecule has 0 amide bonds. The Balaban J connectivity index is 2.34. The summed E-state index contributed by atoms with van der Waals surface area (Å²) in [4.78, 5) is 4.64. The monoisotopic (exact) mass is 307 g/mol. The number of para-hydroxylation sites is 1. The maximum Gasteiger partial charge on any atom is 0.0502 e.